The molecule has 7 aliphatic rings. The molecule has 0 unspecified atom stereocenters. The fraction of sp³-hybridized carbons (Fsp3) is 0.417. The lowest BCUT2D eigenvalue weighted by Gasteiger charge is -2.56. The first-order chi connectivity index (χ1) is 26.4. The molecule has 2 saturated carbocycles. The number of aliphatic hydroxyl groups excluding tert-OH is 1. The third-order valence-corrected chi connectivity index (χ3v) is 13.9. The molecule has 3 aromatic carbocycles. The van der Waals surface area contributed by atoms with Gasteiger partial charge in [0.1, 0.15) is 17.3 Å². The lowest BCUT2D eigenvalue weighted by molar-refractivity contribution is -0.135. The molecule has 1 saturated heterocycles. The summed E-state index contributed by atoms with van der Waals surface area (Å²) in [6, 6.07) is 26.1. The standard InChI is InChI=1S/C48H50O6/c1-2-29(25-30-11-5-3-6-12-30)26-41-48-24-23-36(42(45(48)47(52)54-41)39-27-34(50)18-19-35(39)32-15-7-4-8-16-32)37-20-21-38-40(53-46(51)43(38)44(37)48)22-17-33(28-49)31-13-9-10-14-31/h3-8,11-12,15-16,18-19,22,26-27,29,31,33,36-37,44,49-50H,2,9-10,13-14,17,20-21,23-25,28H2,1H3/t29-,33-,36+,37+,44+,48+/m0/s1. The van der Waals surface area contributed by atoms with Gasteiger partial charge in [-0.2, -0.15) is 0 Å². The van der Waals surface area contributed by atoms with Crippen molar-refractivity contribution in [3.8, 4) is 16.9 Å². The average Bonchev–Trinajstić information content (AvgIpc) is 3.93. The number of hydrogen-bond donors (Lipinski definition) is 2. The number of aliphatic hydroxyl groups is 1. The van der Waals surface area contributed by atoms with Crippen LogP contribution in [0, 0.1) is 40.9 Å². The third-order valence-electron chi connectivity index (χ3n) is 13.9. The molecular formula is C48H50O6. The number of fused-ring (bicyclic) bond motifs is 1. The first kappa shape index (κ1) is 35.0. The van der Waals surface area contributed by atoms with Crippen LogP contribution >= 0.6 is 0 Å². The van der Waals surface area contributed by atoms with E-state index < -0.39 is 5.41 Å². The summed E-state index contributed by atoms with van der Waals surface area (Å²) in [6.07, 6.45) is 14.5. The highest BCUT2D eigenvalue weighted by Crippen LogP contribution is 2.72. The number of ether oxygens (including phenoxy) is 2. The van der Waals surface area contributed by atoms with E-state index >= 15 is 0 Å². The maximum atomic E-state index is 14.6. The third kappa shape index (κ3) is 5.71. The first-order valence-electron chi connectivity index (χ1n) is 20.3. The molecule has 1 spiro atoms. The van der Waals surface area contributed by atoms with E-state index in [0.717, 1.165) is 78.4 Å². The lowest BCUT2D eigenvalue weighted by atomic mass is 9.44. The number of carbonyl (C=O) groups is 2. The van der Waals surface area contributed by atoms with Gasteiger partial charge in [-0.15, -0.1) is 0 Å². The topological polar surface area (TPSA) is 93.1 Å². The van der Waals surface area contributed by atoms with Crippen molar-refractivity contribution in [1.29, 1.82) is 0 Å². The number of aromatic hydroxyl groups is 1. The Labute approximate surface area is 318 Å². The normalized spacial score (nSPS) is 28.7. The van der Waals surface area contributed by atoms with Crippen LogP contribution in [0.3, 0.4) is 0 Å². The molecule has 5 aliphatic carbocycles. The van der Waals surface area contributed by atoms with Gasteiger partial charge in [-0.05, 0) is 127 Å². The van der Waals surface area contributed by atoms with E-state index in [0.29, 0.717) is 35.9 Å². The summed E-state index contributed by atoms with van der Waals surface area (Å²) in [5.74, 6) is 1.47. The maximum Gasteiger partial charge on any atom is 0.340 e. The molecule has 3 aromatic rings. The first-order valence-corrected chi connectivity index (χ1v) is 20.3. The second-order valence-electron chi connectivity index (χ2n) is 16.5. The number of phenolic OH excluding ortho intramolecular Hbond substituents is 1. The van der Waals surface area contributed by atoms with Gasteiger partial charge in [0.2, 0.25) is 0 Å². The van der Waals surface area contributed by atoms with Gasteiger partial charge in [-0.3, -0.25) is 0 Å². The molecule has 6 heteroatoms. The Kier molecular flexibility index (Phi) is 9.21. The van der Waals surface area contributed by atoms with E-state index in [-0.39, 0.29) is 53.9 Å². The number of esters is 2. The van der Waals surface area contributed by atoms with E-state index in [1.807, 2.05) is 36.4 Å². The Bertz CT molecular complexity index is 2080. The highest BCUT2D eigenvalue weighted by Gasteiger charge is 2.68. The fourth-order valence-corrected chi connectivity index (χ4v) is 11.4. The second-order valence-corrected chi connectivity index (χ2v) is 16.5. The van der Waals surface area contributed by atoms with Crippen LogP contribution in [0.1, 0.15) is 82.3 Å². The van der Waals surface area contributed by atoms with Crippen LogP contribution < -0.4 is 0 Å². The molecule has 6 atom stereocenters. The van der Waals surface area contributed by atoms with E-state index in [4.69, 9.17) is 9.47 Å². The van der Waals surface area contributed by atoms with E-state index in [9.17, 15) is 19.8 Å². The average molecular weight is 723 g/mol. The largest absolute Gasteiger partial charge is 0.508 e. The molecule has 0 radical (unpaired) electrons. The van der Waals surface area contributed by atoms with Crippen molar-refractivity contribution < 1.29 is 29.3 Å². The van der Waals surface area contributed by atoms with Gasteiger partial charge in [0.25, 0.3) is 0 Å². The van der Waals surface area contributed by atoms with Gasteiger partial charge in [0.05, 0.1) is 11.0 Å². The highest BCUT2D eigenvalue weighted by molar-refractivity contribution is 6.07. The predicted molar refractivity (Wildman–Crippen MR) is 208 cm³/mol. The number of rotatable bonds is 10. The Morgan fingerprint density at radius 1 is 0.870 bits per heavy atom. The van der Waals surface area contributed by atoms with Crippen LogP contribution in [-0.4, -0.2) is 28.8 Å². The number of phenols is 1. The summed E-state index contributed by atoms with van der Waals surface area (Å²) in [6.45, 7) is 2.31. The van der Waals surface area contributed by atoms with Gasteiger partial charge in [-0.25, -0.2) is 9.59 Å². The van der Waals surface area contributed by atoms with Crippen LogP contribution in [0.4, 0.5) is 0 Å². The number of cyclic esters (lactones) is 2. The maximum absolute atomic E-state index is 14.6. The van der Waals surface area contributed by atoms with E-state index in [1.165, 1.54) is 18.4 Å². The molecule has 2 bridgehead atoms. The SMILES string of the molecule is CC[C@H](C=C1OC(=O)C2=C(c3cc(O)ccc3-c3ccccc3)[C@@H]3CC[C@]12[C@H]1C2=C(CC[C@H]31)C(=CC[C@@H](CO)C1CCCC1)OC2=O)Cc1ccccc1. The molecular weight excluding hydrogens is 673 g/mol. The molecule has 3 fully saturated rings. The molecule has 2 N–H and O–H groups in total. The Hall–Kier alpha value is -4.68. The van der Waals surface area contributed by atoms with Crippen LogP contribution in [0.25, 0.3) is 16.7 Å². The fourth-order valence-electron chi connectivity index (χ4n) is 11.4. The Morgan fingerprint density at radius 2 is 1.63 bits per heavy atom. The zero-order chi connectivity index (χ0) is 37.0. The van der Waals surface area contributed by atoms with Crippen molar-refractivity contribution in [2.24, 2.45) is 40.9 Å². The van der Waals surface area contributed by atoms with Crippen LogP contribution in [0.15, 0.2) is 119 Å². The van der Waals surface area contributed by atoms with Crippen molar-refractivity contribution >= 4 is 17.5 Å². The minimum atomic E-state index is -0.831. The summed E-state index contributed by atoms with van der Waals surface area (Å²) < 4.78 is 12.7. The molecule has 54 heavy (non-hydrogen) atoms. The summed E-state index contributed by atoms with van der Waals surface area (Å²) in [5, 5.41) is 21.3. The van der Waals surface area contributed by atoms with Crippen LogP contribution in [0.2, 0.25) is 0 Å². The number of allylic oxidation sites excluding steroid dienone is 5. The Balaban J connectivity index is 1.22. The molecule has 2 aliphatic heterocycles. The minimum Gasteiger partial charge on any atom is -0.508 e. The molecule has 2 heterocycles. The smallest absolute Gasteiger partial charge is 0.340 e. The van der Waals surface area contributed by atoms with Gasteiger partial charge in [0, 0.05) is 23.7 Å². The Morgan fingerprint density at radius 3 is 2.37 bits per heavy atom. The molecule has 6 nitrogen and oxygen atoms in total. The minimum absolute atomic E-state index is 0.00495. The van der Waals surface area contributed by atoms with Crippen molar-refractivity contribution in [1.82, 2.24) is 0 Å². The summed E-state index contributed by atoms with van der Waals surface area (Å²) in [4.78, 5) is 28.9. The number of hydrogen-bond acceptors (Lipinski definition) is 6. The zero-order valence-electron chi connectivity index (χ0n) is 31.1. The van der Waals surface area contributed by atoms with Gasteiger partial charge in [-0.1, -0.05) is 99.3 Å². The van der Waals surface area contributed by atoms with Gasteiger partial charge in [0.15, 0.2) is 0 Å². The summed E-state index contributed by atoms with van der Waals surface area (Å²) >= 11 is 0. The van der Waals surface area contributed by atoms with Gasteiger partial charge >= 0.3 is 11.9 Å². The monoisotopic (exact) mass is 722 g/mol. The number of benzene rings is 3. The zero-order valence-corrected chi connectivity index (χ0v) is 31.1. The summed E-state index contributed by atoms with van der Waals surface area (Å²) in [5.41, 5.74) is 6.58. The molecule has 10 rings (SSSR count). The van der Waals surface area contributed by atoms with E-state index in [2.05, 4.69) is 55.5 Å². The molecule has 0 amide bonds. The highest BCUT2D eigenvalue weighted by atomic mass is 16.5. The van der Waals surface area contributed by atoms with Crippen LogP contribution in [-0.2, 0) is 25.5 Å². The predicted octanol–water partition coefficient (Wildman–Crippen LogP) is 9.88. The van der Waals surface area contributed by atoms with Crippen molar-refractivity contribution in [2.45, 2.75) is 77.6 Å². The van der Waals surface area contributed by atoms with Gasteiger partial charge < -0.3 is 19.7 Å². The second kappa shape index (κ2) is 14.2. The van der Waals surface area contributed by atoms with Crippen LogP contribution in [0.5, 0.6) is 5.75 Å². The van der Waals surface area contributed by atoms with Crippen molar-refractivity contribution in [2.75, 3.05) is 6.61 Å². The lowest BCUT2D eigenvalue weighted by Crippen LogP contribution is -2.52. The van der Waals surface area contributed by atoms with Crippen molar-refractivity contribution in [3.63, 3.8) is 0 Å². The van der Waals surface area contributed by atoms with Crippen molar-refractivity contribution in [3.05, 3.63) is 130 Å². The van der Waals surface area contributed by atoms with E-state index in [1.54, 1.807) is 6.07 Å². The molecule has 278 valence electrons. The molecule has 0 aromatic heterocycles. The quantitative estimate of drug-likeness (QED) is 0.203. The number of carbonyl (C=O) groups excluding carboxylic acids is 2. The summed E-state index contributed by atoms with van der Waals surface area (Å²) in [7, 11) is 0.